The fourth-order valence-corrected chi connectivity index (χ4v) is 1.85. The number of ether oxygens (including phenoxy) is 2. The molecule has 2 aromatic rings. The molecule has 1 heterocycles. The van der Waals surface area contributed by atoms with Gasteiger partial charge >= 0.3 is 0 Å². The Bertz CT molecular complexity index is 623. The Morgan fingerprint density at radius 1 is 1.22 bits per heavy atom. The van der Waals surface area contributed by atoms with Crippen LogP contribution in [-0.2, 0) is 0 Å². The van der Waals surface area contributed by atoms with Gasteiger partial charge in [0.05, 0.1) is 14.2 Å². The maximum atomic E-state index is 7.46. The van der Waals surface area contributed by atoms with Crippen LogP contribution in [0.4, 0.5) is 0 Å². The molecule has 0 unspecified atom stereocenters. The quantitative estimate of drug-likeness (QED) is 0.638. The molecule has 18 heavy (non-hydrogen) atoms. The van der Waals surface area contributed by atoms with Crippen LogP contribution in [0.3, 0.4) is 0 Å². The summed E-state index contributed by atoms with van der Waals surface area (Å²) in [5.74, 6) is 1.26. The molecular weight excluding hydrogens is 230 g/mol. The Morgan fingerprint density at radius 2 is 1.94 bits per heavy atom. The van der Waals surface area contributed by atoms with Crippen LogP contribution >= 0.6 is 0 Å². The summed E-state index contributed by atoms with van der Waals surface area (Å²) >= 11 is 0. The van der Waals surface area contributed by atoms with Crippen molar-refractivity contribution in [2.24, 2.45) is 5.73 Å². The first-order valence-corrected chi connectivity index (χ1v) is 5.44. The number of amidine groups is 1. The molecule has 5 heteroatoms. The average Bonchev–Trinajstić information content (AvgIpc) is 2.37. The van der Waals surface area contributed by atoms with Gasteiger partial charge in [-0.3, -0.25) is 5.41 Å². The van der Waals surface area contributed by atoms with Crippen LogP contribution in [0.25, 0.3) is 10.9 Å². The van der Waals surface area contributed by atoms with Gasteiger partial charge in [0.15, 0.2) is 0 Å². The summed E-state index contributed by atoms with van der Waals surface area (Å²) in [5.41, 5.74) is 7.58. The lowest BCUT2D eigenvalue weighted by atomic mass is 10.1. The molecule has 0 aliphatic rings. The molecule has 3 N–H and O–H groups in total. The Morgan fingerprint density at radius 3 is 2.50 bits per heavy atom. The van der Waals surface area contributed by atoms with E-state index in [1.54, 1.807) is 26.4 Å². The molecule has 1 aromatic carbocycles. The maximum Gasteiger partial charge on any atom is 0.148 e. The number of nitrogens with zero attached hydrogens (tertiary/aromatic N) is 1. The van der Waals surface area contributed by atoms with Gasteiger partial charge in [0, 0.05) is 11.5 Å². The molecule has 0 saturated carbocycles. The van der Waals surface area contributed by atoms with Gasteiger partial charge in [-0.15, -0.1) is 0 Å². The van der Waals surface area contributed by atoms with Crippen molar-refractivity contribution in [1.29, 1.82) is 5.41 Å². The third kappa shape index (κ3) is 1.95. The van der Waals surface area contributed by atoms with E-state index in [0.29, 0.717) is 22.7 Å². The second-order valence-electron chi connectivity index (χ2n) is 3.96. The minimum atomic E-state index is -0.0575. The normalized spacial score (nSPS) is 10.4. The van der Waals surface area contributed by atoms with Gasteiger partial charge < -0.3 is 15.2 Å². The predicted octanol–water partition coefficient (Wildman–Crippen LogP) is 1.84. The molecule has 0 amide bonds. The van der Waals surface area contributed by atoms with Crippen LogP contribution in [0.2, 0.25) is 0 Å². The predicted molar refractivity (Wildman–Crippen MR) is 70.6 cm³/mol. The lowest BCUT2D eigenvalue weighted by Gasteiger charge is -2.11. The van der Waals surface area contributed by atoms with Crippen LogP contribution in [0.1, 0.15) is 11.3 Å². The fraction of sp³-hybridized carbons (Fsp3) is 0.231. The number of nitrogens with one attached hydrogen (secondary N) is 1. The molecule has 0 fully saturated rings. The number of fused-ring (bicyclic) bond motifs is 1. The van der Waals surface area contributed by atoms with E-state index >= 15 is 0 Å². The molecule has 0 aliphatic carbocycles. The number of hydrogen-bond donors (Lipinski definition) is 2. The monoisotopic (exact) mass is 245 g/mol. The van der Waals surface area contributed by atoms with Crippen LogP contribution < -0.4 is 15.2 Å². The number of aromatic nitrogens is 1. The number of pyridine rings is 1. The first kappa shape index (κ1) is 12.2. The molecular formula is C13H15N3O2. The summed E-state index contributed by atoms with van der Waals surface area (Å²) in [6, 6.07) is 5.44. The number of aryl methyl sites for hydroxylation is 1. The summed E-state index contributed by atoms with van der Waals surface area (Å²) in [6.45, 7) is 1.94. The van der Waals surface area contributed by atoms with E-state index in [2.05, 4.69) is 4.98 Å². The van der Waals surface area contributed by atoms with Crippen molar-refractivity contribution < 1.29 is 9.47 Å². The number of nitrogen functional groups attached to an aromatic ring is 1. The third-order valence-corrected chi connectivity index (χ3v) is 2.79. The second kappa shape index (κ2) is 4.52. The van der Waals surface area contributed by atoms with E-state index in [1.165, 1.54) is 0 Å². The topological polar surface area (TPSA) is 81.2 Å². The standard InChI is InChI=1S/C13H15N3O2/c1-7-4-10(13(14)15)16-12-9(7)5-8(17-2)6-11(12)18-3/h4-6H,1-3H3,(H3,14,15). The van der Waals surface area contributed by atoms with Gasteiger partial charge in [-0.25, -0.2) is 4.98 Å². The van der Waals surface area contributed by atoms with E-state index in [-0.39, 0.29) is 5.84 Å². The molecule has 5 nitrogen and oxygen atoms in total. The number of hydrogen-bond acceptors (Lipinski definition) is 4. The van der Waals surface area contributed by atoms with Gasteiger partial charge in [-0.1, -0.05) is 0 Å². The van der Waals surface area contributed by atoms with E-state index in [0.717, 1.165) is 10.9 Å². The third-order valence-electron chi connectivity index (χ3n) is 2.79. The molecule has 0 spiro atoms. The van der Waals surface area contributed by atoms with Gasteiger partial charge in [0.25, 0.3) is 0 Å². The van der Waals surface area contributed by atoms with E-state index < -0.39 is 0 Å². The highest BCUT2D eigenvalue weighted by Crippen LogP contribution is 2.31. The van der Waals surface area contributed by atoms with Gasteiger partial charge in [0.1, 0.15) is 28.5 Å². The summed E-state index contributed by atoms with van der Waals surface area (Å²) in [6.07, 6.45) is 0. The van der Waals surface area contributed by atoms with Crippen molar-refractivity contribution >= 4 is 16.7 Å². The van der Waals surface area contributed by atoms with Crippen LogP contribution in [0, 0.1) is 12.3 Å². The highest BCUT2D eigenvalue weighted by atomic mass is 16.5. The average molecular weight is 245 g/mol. The second-order valence-corrected chi connectivity index (χ2v) is 3.96. The summed E-state index contributed by atoms with van der Waals surface area (Å²) in [5, 5.41) is 8.39. The lowest BCUT2D eigenvalue weighted by molar-refractivity contribution is 0.397. The largest absolute Gasteiger partial charge is 0.497 e. The van der Waals surface area contributed by atoms with Gasteiger partial charge in [-0.2, -0.15) is 0 Å². The lowest BCUT2D eigenvalue weighted by Crippen LogP contribution is -2.13. The summed E-state index contributed by atoms with van der Waals surface area (Å²) < 4.78 is 10.5. The van der Waals surface area contributed by atoms with Crippen molar-refractivity contribution in [3.05, 3.63) is 29.5 Å². The molecule has 0 atom stereocenters. The van der Waals surface area contributed by atoms with Crippen molar-refractivity contribution in [2.45, 2.75) is 6.92 Å². The van der Waals surface area contributed by atoms with Crippen molar-refractivity contribution in [3.8, 4) is 11.5 Å². The Labute approximate surface area is 105 Å². The first-order chi connectivity index (χ1) is 8.56. The number of rotatable bonds is 3. The molecule has 2 rings (SSSR count). The molecule has 0 aliphatic heterocycles. The summed E-state index contributed by atoms with van der Waals surface area (Å²) in [4.78, 5) is 4.35. The zero-order valence-electron chi connectivity index (χ0n) is 10.6. The number of methoxy groups -OCH3 is 2. The Kier molecular flexibility index (Phi) is 3.06. The van der Waals surface area contributed by atoms with Crippen LogP contribution in [0.5, 0.6) is 11.5 Å². The highest BCUT2D eigenvalue weighted by molar-refractivity contribution is 5.98. The van der Waals surface area contributed by atoms with Crippen LogP contribution in [0.15, 0.2) is 18.2 Å². The Hall–Kier alpha value is -2.30. The maximum absolute atomic E-state index is 7.46. The van der Waals surface area contributed by atoms with Gasteiger partial charge in [-0.05, 0) is 24.6 Å². The van der Waals surface area contributed by atoms with E-state index in [1.807, 2.05) is 13.0 Å². The zero-order chi connectivity index (χ0) is 13.3. The summed E-state index contributed by atoms with van der Waals surface area (Å²) in [7, 11) is 3.18. The molecule has 0 bridgehead atoms. The SMILES string of the molecule is COc1cc(OC)c2nc(C(=N)N)cc(C)c2c1. The van der Waals surface area contributed by atoms with Crippen LogP contribution in [-0.4, -0.2) is 25.0 Å². The fourth-order valence-electron chi connectivity index (χ4n) is 1.85. The van der Waals surface area contributed by atoms with E-state index in [4.69, 9.17) is 20.6 Å². The van der Waals surface area contributed by atoms with Crippen molar-refractivity contribution in [2.75, 3.05) is 14.2 Å². The smallest absolute Gasteiger partial charge is 0.148 e. The molecule has 0 saturated heterocycles. The zero-order valence-corrected chi connectivity index (χ0v) is 10.6. The molecule has 0 radical (unpaired) electrons. The minimum absolute atomic E-state index is 0.0575. The minimum Gasteiger partial charge on any atom is -0.497 e. The van der Waals surface area contributed by atoms with Crippen molar-refractivity contribution in [1.82, 2.24) is 4.98 Å². The van der Waals surface area contributed by atoms with E-state index in [9.17, 15) is 0 Å². The number of nitrogens with two attached hydrogens (primary N) is 1. The first-order valence-electron chi connectivity index (χ1n) is 5.44. The number of benzene rings is 1. The van der Waals surface area contributed by atoms with Crippen molar-refractivity contribution in [3.63, 3.8) is 0 Å². The Balaban J connectivity index is 2.82. The molecule has 1 aromatic heterocycles. The highest BCUT2D eigenvalue weighted by Gasteiger charge is 2.11. The van der Waals surface area contributed by atoms with Gasteiger partial charge in [0.2, 0.25) is 0 Å². The molecule has 94 valence electrons.